The minimum atomic E-state index is -1.50. The largest absolute Gasteiger partial charge is 0.412 e. The lowest BCUT2D eigenvalue weighted by Gasteiger charge is -1.56. The van der Waals surface area contributed by atoms with Crippen molar-refractivity contribution in [2.24, 2.45) is 0 Å². The van der Waals surface area contributed by atoms with Gasteiger partial charge in [0.25, 0.3) is 5.09 Å². The van der Waals surface area contributed by atoms with Gasteiger partial charge in [-0.15, -0.1) is 10.1 Å². The van der Waals surface area contributed by atoms with Crippen LogP contribution in [0.5, 0.6) is 0 Å². The normalized spacial score (nSPS) is 3.43. The molecule has 0 aromatic rings. The Balaban J connectivity index is -0.0000000150. The first-order valence-corrected chi connectivity index (χ1v) is 0.565. The molecule has 0 unspecified atom stereocenters. The predicted octanol–water partition coefficient (Wildman–Crippen LogP) is -0.848. The summed E-state index contributed by atoms with van der Waals surface area (Å²) in [5, 5.41) is 13.6. The van der Waals surface area contributed by atoms with Gasteiger partial charge in [0.1, 0.15) is 0 Å². The van der Waals surface area contributed by atoms with E-state index in [0.29, 0.717) is 0 Å². The Morgan fingerprint density at radius 3 is 1.43 bits per heavy atom. The fourth-order valence-electron chi connectivity index (χ4n) is 0. The Labute approximate surface area is 39.5 Å². The van der Waals surface area contributed by atoms with Gasteiger partial charge in [-0.3, -0.25) is 0 Å². The molecule has 48 valence electrons. The second-order valence-electron chi connectivity index (χ2n) is 0.238. The topological polar surface area (TPSA) is 165 Å². The molecule has 0 aromatic heterocycles. The van der Waals surface area contributed by atoms with Crippen LogP contribution in [0.3, 0.4) is 0 Å². The summed E-state index contributed by atoms with van der Waals surface area (Å²) in [6.07, 6.45) is 0. The zero-order valence-corrected chi connectivity index (χ0v) is 3.63. The van der Waals surface area contributed by atoms with Crippen LogP contribution in [0.4, 0.5) is 0 Å². The summed E-state index contributed by atoms with van der Waals surface area (Å²) in [7, 11) is 0. The van der Waals surface area contributed by atoms with E-state index in [9.17, 15) is 0 Å². The Morgan fingerprint density at radius 2 is 1.43 bits per heavy atom. The van der Waals surface area contributed by atoms with Gasteiger partial charge in [0.05, 0.1) is 0 Å². The van der Waals surface area contributed by atoms with Crippen molar-refractivity contribution < 1.29 is 15.8 Å². The van der Waals surface area contributed by atoms with Crippen LogP contribution < -0.4 is 12.3 Å². The monoisotopic (exact) mass is 115 g/mol. The van der Waals surface area contributed by atoms with Crippen molar-refractivity contribution >= 4 is 0 Å². The maximum Gasteiger partial charge on any atom is 0.291 e. The minimum Gasteiger partial charge on any atom is -0.412 e. The van der Waals surface area contributed by atoms with Gasteiger partial charge in [-0.2, -0.15) is 0 Å². The van der Waals surface area contributed by atoms with Crippen LogP contribution in [0.1, 0.15) is 0 Å². The average Bonchev–Trinajstić information content (AvgIpc) is 0.811. The fourth-order valence-corrected chi connectivity index (χ4v) is 0. The van der Waals surface area contributed by atoms with E-state index in [4.69, 9.17) is 15.3 Å². The fraction of sp³-hybridized carbons (Fsp3) is 0. The first kappa shape index (κ1) is 36.3. The summed E-state index contributed by atoms with van der Waals surface area (Å²) in [6.45, 7) is 0. The molecule has 0 amide bonds. The maximum atomic E-state index is 8.36. The second kappa shape index (κ2) is 19.5. The van der Waals surface area contributed by atoms with Gasteiger partial charge in [-0.05, 0) is 0 Å². The third-order valence-corrected chi connectivity index (χ3v) is 0. The van der Waals surface area contributed by atoms with E-state index in [0.717, 1.165) is 0 Å². The summed E-state index contributed by atoms with van der Waals surface area (Å²) >= 11 is 0. The quantitative estimate of drug-likeness (QED) is 0.276. The van der Waals surface area contributed by atoms with Gasteiger partial charge < -0.3 is 23.0 Å². The van der Waals surface area contributed by atoms with Crippen molar-refractivity contribution in [3.05, 3.63) is 10.1 Å². The van der Waals surface area contributed by atoms with E-state index in [1.807, 2.05) is 0 Å². The highest BCUT2D eigenvalue weighted by atomic mass is 16.9. The van der Waals surface area contributed by atoms with Crippen LogP contribution in [0.15, 0.2) is 0 Å². The number of nitrogens with zero attached hydrogens (tertiary/aromatic N) is 1. The molecule has 0 aliphatic carbocycles. The Hall–Kier alpha value is -0.920. The van der Waals surface area contributed by atoms with Gasteiger partial charge in [0, 0.05) is 0 Å². The minimum absolute atomic E-state index is 0. The third-order valence-electron chi connectivity index (χ3n) is 0. The lowest BCUT2D eigenvalue weighted by atomic mass is 13.1. The molecule has 0 aliphatic heterocycles. The van der Waals surface area contributed by atoms with E-state index in [-0.39, 0.29) is 17.8 Å². The van der Waals surface area contributed by atoms with Crippen LogP contribution in [-0.2, 0) is 0 Å². The van der Waals surface area contributed by atoms with Gasteiger partial charge in [0.2, 0.25) is 0 Å². The zero-order valence-electron chi connectivity index (χ0n) is 3.63. The zero-order chi connectivity index (χ0) is 3.58. The lowest BCUT2D eigenvalue weighted by molar-refractivity contribution is -0.742. The lowest BCUT2D eigenvalue weighted by Crippen LogP contribution is -1.81. The maximum absolute atomic E-state index is 8.36. The molecule has 0 radical (unpaired) electrons. The van der Waals surface area contributed by atoms with Crippen molar-refractivity contribution in [2.75, 3.05) is 0 Å². The summed E-state index contributed by atoms with van der Waals surface area (Å²) in [4.78, 5) is 8.36. The van der Waals surface area contributed by atoms with Crippen LogP contribution in [-0.4, -0.2) is 15.8 Å². The molecule has 7 heteroatoms. The molecular formula is H9N3O4. The van der Waals surface area contributed by atoms with Crippen molar-refractivity contribution in [3.63, 3.8) is 0 Å². The van der Waals surface area contributed by atoms with Crippen LogP contribution in [0.2, 0.25) is 0 Å². The molecule has 7 heavy (non-hydrogen) atoms. The molecule has 9 N–H and O–H groups in total. The SMILES string of the molecule is N.N.O.O=[N+]([O-])O. The molecule has 0 bridgehead atoms. The Bertz CT molecular complexity index is 29.9. The van der Waals surface area contributed by atoms with E-state index in [1.165, 1.54) is 0 Å². The van der Waals surface area contributed by atoms with Crippen molar-refractivity contribution in [1.29, 1.82) is 0 Å². The van der Waals surface area contributed by atoms with E-state index < -0.39 is 5.09 Å². The van der Waals surface area contributed by atoms with Crippen LogP contribution >= 0.6 is 0 Å². The third kappa shape index (κ3) is 56.9. The molecule has 0 spiro atoms. The van der Waals surface area contributed by atoms with Crippen molar-refractivity contribution in [3.8, 4) is 0 Å². The summed E-state index contributed by atoms with van der Waals surface area (Å²) in [5.41, 5.74) is 0. The highest BCUT2D eigenvalue weighted by Gasteiger charge is 1.65. The molecular weight excluding hydrogens is 106 g/mol. The number of hydrogen-bond acceptors (Lipinski definition) is 4. The molecule has 0 rings (SSSR count). The smallest absolute Gasteiger partial charge is 0.291 e. The Morgan fingerprint density at radius 1 is 1.43 bits per heavy atom. The second-order valence-corrected chi connectivity index (χ2v) is 0.238. The Kier molecular flexibility index (Phi) is 101. The summed E-state index contributed by atoms with van der Waals surface area (Å²) in [5.74, 6) is 0. The highest BCUT2D eigenvalue weighted by molar-refractivity contribution is 3.83. The van der Waals surface area contributed by atoms with Crippen molar-refractivity contribution in [2.45, 2.75) is 0 Å². The van der Waals surface area contributed by atoms with Crippen LogP contribution in [0.25, 0.3) is 0 Å². The molecule has 0 heterocycles. The van der Waals surface area contributed by atoms with E-state index in [1.54, 1.807) is 0 Å². The first-order valence-electron chi connectivity index (χ1n) is 0.565. The first-order chi connectivity index (χ1) is 1.73. The molecule has 0 aromatic carbocycles. The average molecular weight is 115 g/mol. The summed E-state index contributed by atoms with van der Waals surface area (Å²) < 4.78 is 0. The molecule has 0 aliphatic rings. The molecule has 7 nitrogen and oxygen atoms in total. The molecule has 0 saturated heterocycles. The van der Waals surface area contributed by atoms with Gasteiger partial charge in [-0.25, -0.2) is 0 Å². The number of rotatable bonds is 0. The van der Waals surface area contributed by atoms with E-state index in [2.05, 4.69) is 0 Å². The standard InChI is InChI=1S/HNO3.2H3N.H2O/c2-1(3)4;;;/h(H,2,3,4);2*1H3;1H2. The predicted molar refractivity (Wildman–Crippen MR) is 22.4 cm³/mol. The van der Waals surface area contributed by atoms with Gasteiger partial charge >= 0.3 is 0 Å². The number of hydrogen-bond donors (Lipinski definition) is 3. The molecule has 0 atom stereocenters. The molecule has 0 fully saturated rings. The van der Waals surface area contributed by atoms with Gasteiger partial charge in [-0.1, -0.05) is 0 Å². The summed E-state index contributed by atoms with van der Waals surface area (Å²) in [6, 6.07) is 0. The highest BCUT2D eigenvalue weighted by Crippen LogP contribution is 1.38. The van der Waals surface area contributed by atoms with Crippen molar-refractivity contribution in [1.82, 2.24) is 12.3 Å². The van der Waals surface area contributed by atoms with E-state index >= 15 is 0 Å². The van der Waals surface area contributed by atoms with Gasteiger partial charge in [0.15, 0.2) is 0 Å². The molecule has 0 saturated carbocycles. The van der Waals surface area contributed by atoms with Crippen LogP contribution in [0, 0.1) is 10.1 Å².